The lowest BCUT2D eigenvalue weighted by molar-refractivity contribution is 0.0953. The van der Waals surface area contributed by atoms with Crippen molar-refractivity contribution in [2.45, 2.75) is 33.3 Å². The number of ether oxygens (including phenoxy) is 1. The van der Waals surface area contributed by atoms with E-state index in [1.54, 1.807) is 12.4 Å². The van der Waals surface area contributed by atoms with Crippen molar-refractivity contribution in [1.82, 2.24) is 10.3 Å². The summed E-state index contributed by atoms with van der Waals surface area (Å²) in [5.74, 6) is 0.760. The zero-order valence-corrected chi connectivity index (χ0v) is 14.3. The van der Waals surface area contributed by atoms with Crippen LogP contribution < -0.4 is 15.8 Å². The number of hydrogen-bond donors (Lipinski definition) is 2. The first-order valence-electron chi connectivity index (χ1n) is 8.23. The zero-order valence-electron chi connectivity index (χ0n) is 14.3. The number of pyridine rings is 1. The average Bonchev–Trinajstić information content (AvgIpc) is 2.58. The summed E-state index contributed by atoms with van der Waals surface area (Å²) in [4.78, 5) is 16.3. The van der Waals surface area contributed by atoms with Crippen molar-refractivity contribution < 1.29 is 9.53 Å². The summed E-state index contributed by atoms with van der Waals surface area (Å²) in [7, 11) is 0. The van der Waals surface area contributed by atoms with Gasteiger partial charge in [0.05, 0.1) is 0 Å². The molecule has 0 radical (unpaired) electrons. The number of aromatic nitrogens is 1. The van der Waals surface area contributed by atoms with E-state index in [0.717, 1.165) is 35.3 Å². The van der Waals surface area contributed by atoms with Crippen molar-refractivity contribution in [1.29, 1.82) is 0 Å². The van der Waals surface area contributed by atoms with E-state index < -0.39 is 0 Å². The van der Waals surface area contributed by atoms with Crippen LogP contribution in [0, 0.1) is 13.8 Å². The molecule has 0 saturated carbocycles. The van der Waals surface area contributed by atoms with E-state index in [2.05, 4.69) is 10.3 Å². The van der Waals surface area contributed by atoms with Gasteiger partial charge in [0.25, 0.3) is 5.91 Å². The van der Waals surface area contributed by atoms with E-state index in [1.165, 1.54) is 0 Å². The number of aryl methyl sites for hydroxylation is 2. The Morgan fingerprint density at radius 2 is 2.00 bits per heavy atom. The van der Waals surface area contributed by atoms with Crippen LogP contribution in [0.1, 0.15) is 39.9 Å². The Bertz CT molecular complexity index is 649. The number of rotatable bonds is 8. The van der Waals surface area contributed by atoms with Gasteiger partial charge in [0, 0.05) is 30.1 Å². The Kier molecular flexibility index (Phi) is 6.75. The van der Waals surface area contributed by atoms with Gasteiger partial charge >= 0.3 is 0 Å². The monoisotopic (exact) mass is 327 g/mol. The van der Waals surface area contributed by atoms with Crippen LogP contribution in [0.3, 0.4) is 0 Å². The fourth-order valence-electron chi connectivity index (χ4n) is 2.52. The van der Waals surface area contributed by atoms with Gasteiger partial charge in [0.15, 0.2) is 0 Å². The number of nitrogens with one attached hydrogen (secondary N) is 1. The minimum Gasteiger partial charge on any atom is -0.488 e. The molecule has 2 aromatic rings. The van der Waals surface area contributed by atoms with Crippen LogP contribution in [0.2, 0.25) is 0 Å². The molecule has 1 aromatic heterocycles. The van der Waals surface area contributed by atoms with E-state index in [4.69, 9.17) is 10.5 Å². The fraction of sp³-hybridized carbons (Fsp3) is 0.368. The minimum absolute atomic E-state index is 0.0583. The van der Waals surface area contributed by atoms with Gasteiger partial charge in [0.2, 0.25) is 0 Å². The molecule has 0 aliphatic rings. The molecular formula is C19H25N3O2. The minimum atomic E-state index is -0.0583. The first-order chi connectivity index (χ1) is 11.6. The maximum atomic E-state index is 12.2. The number of hydrogen-bond acceptors (Lipinski definition) is 4. The van der Waals surface area contributed by atoms with Crippen molar-refractivity contribution in [3.8, 4) is 5.75 Å². The van der Waals surface area contributed by atoms with E-state index in [0.29, 0.717) is 25.3 Å². The molecule has 1 amide bonds. The lowest BCUT2D eigenvalue weighted by Crippen LogP contribution is -2.25. The van der Waals surface area contributed by atoms with Crippen molar-refractivity contribution in [3.05, 3.63) is 58.9 Å². The summed E-state index contributed by atoms with van der Waals surface area (Å²) in [6, 6.07) is 7.59. The molecule has 128 valence electrons. The Morgan fingerprint density at radius 3 is 2.62 bits per heavy atom. The highest BCUT2D eigenvalue weighted by molar-refractivity contribution is 5.94. The topological polar surface area (TPSA) is 77.2 Å². The molecule has 0 spiro atoms. The van der Waals surface area contributed by atoms with Crippen LogP contribution in [0.25, 0.3) is 0 Å². The lowest BCUT2D eigenvalue weighted by Gasteiger charge is -2.14. The van der Waals surface area contributed by atoms with Crippen LogP contribution in [0.5, 0.6) is 5.75 Å². The summed E-state index contributed by atoms with van der Waals surface area (Å²) in [5.41, 5.74) is 9.02. The summed E-state index contributed by atoms with van der Waals surface area (Å²) < 4.78 is 5.92. The van der Waals surface area contributed by atoms with Gasteiger partial charge in [-0.2, -0.15) is 0 Å². The molecule has 1 heterocycles. The van der Waals surface area contributed by atoms with Crippen molar-refractivity contribution in [3.63, 3.8) is 0 Å². The lowest BCUT2D eigenvalue weighted by atomic mass is 10.0. The Morgan fingerprint density at radius 1 is 1.25 bits per heavy atom. The van der Waals surface area contributed by atoms with Gasteiger partial charge in [-0.15, -0.1) is 0 Å². The number of nitrogens with zero attached hydrogens (tertiary/aromatic N) is 1. The molecule has 0 atom stereocenters. The van der Waals surface area contributed by atoms with E-state index in [-0.39, 0.29) is 5.91 Å². The molecule has 5 heteroatoms. The Hall–Kier alpha value is -2.40. The van der Waals surface area contributed by atoms with Crippen LogP contribution in [-0.4, -0.2) is 24.0 Å². The third-order valence-corrected chi connectivity index (χ3v) is 3.74. The number of carbonyl (C=O) groups excluding carboxylic acids is 1. The Labute approximate surface area is 143 Å². The second-order valence-electron chi connectivity index (χ2n) is 5.84. The molecule has 0 aliphatic carbocycles. The van der Waals surface area contributed by atoms with Crippen LogP contribution in [0.4, 0.5) is 0 Å². The predicted octanol–water partition coefficient (Wildman–Crippen LogP) is 2.75. The van der Waals surface area contributed by atoms with E-state index >= 15 is 0 Å². The van der Waals surface area contributed by atoms with Gasteiger partial charge in [-0.05, 0) is 62.6 Å². The molecule has 0 fully saturated rings. The number of benzene rings is 1. The number of amides is 1. The van der Waals surface area contributed by atoms with Crippen molar-refractivity contribution >= 4 is 5.91 Å². The smallest absolute Gasteiger partial charge is 0.251 e. The maximum absolute atomic E-state index is 12.2. The van der Waals surface area contributed by atoms with Crippen molar-refractivity contribution in [2.75, 3.05) is 13.1 Å². The molecule has 24 heavy (non-hydrogen) atoms. The molecule has 0 bridgehead atoms. The van der Waals surface area contributed by atoms with E-state index in [9.17, 15) is 4.79 Å². The molecule has 5 nitrogen and oxygen atoms in total. The van der Waals surface area contributed by atoms with Crippen molar-refractivity contribution in [2.24, 2.45) is 5.73 Å². The summed E-state index contributed by atoms with van der Waals surface area (Å²) >= 11 is 0. The molecule has 3 N–H and O–H groups in total. The van der Waals surface area contributed by atoms with Crippen LogP contribution in [0.15, 0.2) is 36.7 Å². The molecule has 0 unspecified atom stereocenters. The number of unbranched alkanes of at least 4 members (excludes halogenated alkanes) is 1. The highest BCUT2D eigenvalue weighted by Gasteiger charge is 2.11. The van der Waals surface area contributed by atoms with Gasteiger partial charge in [-0.3, -0.25) is 9.78 Å². The second kappa shape index (κ2) is 9.03. The predicted molar refractivity (Wildman–Crippen MR) is 95.1 cm³/mol. The molecule has 0 saturated heterocycles. The number of nitrogens with two attached hydrogens (primary N) is 1. The van der Waals surface area contributed by atoms with Gasteiger partial charge < -0.3 is 15.8 Å². The number of carbonyl (C=O) groups is 1. The Balaban J connectivity index is 2.01. The molecular weight excluding hydrogens is 302 g/mol. The molecule has 2 rings (SSSR count). The van der Waals surface area contributed by atoms with Crippen LogP contribution >= 0.6 is 0 Å². The molecule has 1 aromatic carbocycles. The largest absolute Gasteiger partial charge is 0.488 e. The normalized spacial score (nSPS) is 10.5. The fourth-order valence-corrected chi connectivity index (χ4v) is 2.52. The quantitative estimate of drug-likeness (QED) is 0.731. The summed E-state index contributed by atoms with van der Waals surface area (Å²) in [6.07, 6.45) is 5.33. The van der Waals surface area contributed by atoms with Crippen LogP contribution in [-0.2, 0) is 6.61 Å². The molecule has 0 aliphatic heterocycles. The highest BCUT2D eigenvalue weighted by atomic mass is 16.5. The summed E-state index contributed by atoms with van der Waals surface area (Å²) in [5, 5.41) is 2.92. The van der Waals surface area contributed by atoms with E-state index in [1.807, 2.05) is 38.1 Å². The maximum Gasteiger partial charge on any atom is 0.251 e. The third-order valence-electron chi connectivity index (χ3n) is 3.74. The van der Waals surface area contributed by atoms with Gasteiger partial charge in [0.1, 0.15) is 12.4 Å². The standard InChI is InChI=1S/C19H25N3O2/c1-14-10-17(19(23)22-9-4-3-7-20)11-15(2)18(14)24-13-16-6-5-8-21-12-16/h5-6,8,10-12H,3-4,7,9,13,20H2,1-2H3,(H,22,23). The third kappa shape index (κ3) is 5.06. The van der Waals surface area contributed by atoms with Gasteiger partial charge in [-0.1, -0.05) is 6.07 Å². The first-order valence-corrected chi connectivity index (χ1v) is 8.23. The van der Waals surface area contributed by atoms with Gasteiger partial charge in [-0.25, -0.2) is 0 Å². The SMILES string of the molecule is Cc1cc(C(=O)NCCCCN)cc(C)c1OCc1cccnc1. The zero-order chi connectivity index (χ0) is 17.4. The average molecular weight is 327 g/mol. The highest BCUT2D eigenvalue weighted by Crippen LogP contribution is 2.25. The first kappa shape index (κ1) is 17.9. The second-order valence-corrected chi connectivity index (χ2v) is 5.84. The summed E-state index contributed by atoms with van der Waals surface area (Å²) in [6.45, 7) is 5.66.